The van der Waals surface area contributed by atoms with Gasteiger partial charge >= 0.3 is 0 Å². The molecule has 11 heavy (non-hydrogen) atoms. The minimum Gasteiger partial charge on any atom is -0.323 e. The van der Waals surface area contributed by atoms with Gasteiger partial charge in [0.15, 0.2) is 0 Å². The van der Waals surface area contributed by atoms with Crippen molar-refractivity contribution in [1.29, 1.82) is 0 Å². The van der Waals surface area contributed by atoms with Crippen LogP contribution in [0.3, 0.4) is 0 Å². The van der Waals surface area contributed by atoms with Gasteiger partial charge in [-0.15, -0.1) is 0 Å². The van der Waals surface area contributed by atoms with E-state index in [1.54, 1.807) is 11.8 Å². The van der Waals surface area contributed by atoms with Crippen LogP contribution in [0, 0.1) is 5.92 Å². The summed E-state index contributed by atoms with van der Waals surface area (Å²) in [5, 5.41) is 0. The van der Waals surface area contributed by atoms with E-state index in [1.807, 2.05) is 0 Å². The average Bonchev–Trinajstić information content (AvgIpc) is 2.37. The SMILES string of the molecule is CC(N)C(F)(F)C1CCSC1. The topological polar surface area (TPSA) is 26.0 Å². The van der Waals surface area contributed by atoms with Crippen LogP contribution in [0.25, 0.3) is 0 Å². The zero-order valence-electron chi connectivity index (χ0n) is 6.52. The van der Waals surface area contributed by atoms with Gasteiger partial charge < -0.3 is 5.73 Å². The number of halogens is 2. The molecule has 2 N–H and O–H groups in total. The lowest BCUT2D eigenvalue weighted by Crippen LogP contribution is -2.44. The van der Waals surface area contributed by atoms with Crippen LogP contribution in [-0.4, -0.2) is 23.5 Å². The molecule has 2 unspecified atom stereocenters. The first kappa shape index (κ1) is 9.26. The van der Waals surface area contributed by atoms with Crippen molar-refractivity contribution >= 4 is 11.8 Å². The van der Waals surface area contributed by atoms with Crippen LogP contribution in [0.15, 0.2) is 0 Å². The second-order valence-electron chi connectivity index (χ2n) is 3.02. The van der Waals surface area contributed by atoms with Gasteiger partial charge in [-0.3, -0.25) is 0 Å². The number of alkyl halides is 2. The quantitative estimate of drug-likeness (QED) is 0.702. The molecule has 2 atom stereocenters. The first-order valence-electron chi connectivity index (χ1n) is 3.76. The van der Waals surface area contributed by atoms with Gasteiger partial charge in [0.05, 0.1) is 6.04 Å². The van der Waals surface area contributed by atoms with Crippen molar-refractivity contribution in [3.8, 4) is 0 Å². The van der Waals surface area contributed by atoms with Crippen LogP contribution in [-0.2, 0) is 0 Å². The Bertz CT molecular complexity index is 132. The Morgan fingerprint density at radius 1 is 1.64 bits per heavy atom. The van der Waals surface area contributed by atoms with Gasteiger partial charge in [0.1, 0.15) is 0 Å². The monoisotopic (exact) mass is 181 g/mol. The number of nitrogens with two attached hydrogens (primary N) is 1. The molecule has 0 saturated carbocycles. The van der Waals surface area contributed by atoms with E-state index < -0.39 is 17.9 Å². The fraction of sp³-hybridized carbons (Fsp3) is 1.00. The van der Waals surface area contributed by atoms with Gasteiger partial charge in [-0.1, -0.05) is 0 Å². The molecule has 0 bridgehead atoms. The van der Waals surface area contributed by atoms with Crippen LogP contribution >= 0.6 is 11.8 Å². The molecule has 1 heterocycles. The lowest BCUT2D eigenvalue weighted by atomic mass is 9.96. The Hall–Kier alpha value is 0.170. The third kappa shape index (κ3) is 1.85. The maximum Gasteiger partial charge on any atom is 0.266 e. The van der Waals surface area contributed by atoms with Crippen LogP contribution in [0.5, 0.6) is 0 Å². The summed E-state index contributed by atoms with van der Waals surface area (Å²) in [5.74, 6) is -1.74. The summed E-state index contributed by atoms with van der Waals surface area (Å²) in [6.45, 7) is 1.38. The summed E-state index contributed by atoms with van der Waals surface area (Å²) >= 11 is 1.59. The molecule has 1 nitrogen and oxygen atoms in total. The predicted octanol–water partition coefficient (Wildman–Crippen LogP) is 1.72. The normalized spacial score (nSPS) is 28.9. The summed E-state index contributed by atoms with van der Waals surface area (Å²) in [6.07, 6.45) is 0.610. The Kier molecular flexibility index (Phi) is 2.75. The first-order valence-corrected chi connectivity index (χ1v) is 4.91. The van der Waals surface area contributed by atoms with Gasteiger partial charge in [0, 0.05) is 11.7 Å². The standard InChI is InChI=1S/C7H13F2NS/c1-5(10)7(8,9)6-2-3-11-4-6/h5-6H,2-4,10H2,1H3. The van der Waals surface area contributed by atoms with E-state index in [-0.39, 0.29) is 0 Å². The molecule has 0 spiro atoms. The van der Waals surface area contributed by atoms with Crippen LogP contribution in [0.2, 0.25) is 0 Å². The van der Waals surface area contributed by atoms with E-state index in [4.69, 9.17) is 5.73 Å². The molecular weight excluding hydrogens is 168 g/mol. The van der Waals surface area contributed by atoms with E-state index in [9.17, 15) is 8.78 Å². The van der Waals surface area contributed by atoms with E-state index in [0.29, 0.717) is 12.2 Å². The maximum atomic E-state index is 13.1. The lowest BCUT2D eigenvalue weighted by molar-refractivity contribution is -0.0661. The summed E-state index contributed by atoms with van der Waals surface area (Å²) in [5.41, 5.74) is 5.19. The first-order chi connectivity index (χ1) is 5.05. The minimum atomic E-state index is -2.66. The summed E-state index contributed by atoms with van der Waals surface area (Å²) in [7, 11) is 0. The molecule has 1 rings (SSSR count). The lowest BCUT2D eigenvalue weighted by Gasteiger charge is -2.25. The minimum absolute atomic E-state index is 0.493. The van der Waals surface area contributed by atoms with E-state index in [0.717, 1.165) is 5.75 Å². The fourth-order valence-electron chi connectivity index (χ4n) is 1.21. The van der Waals surface area contributed by atoms with Crippen molar-refractivity contribution < 1.29 is 8.78 Å². The largest absolute Gasteiger partial charge is 0.323 e. The Balaban J connectivity index is 2.55. The number of hydrogen-bond acceptors (Lipinski definition) is 2. The van der Waals surface area contributed by atoms with Crippen molar-refractivity contribution in [1.82, 2.24) is 0 Å². The Morgan fingerprint density at radius 2 is 2.27 bits per heavy atom. The molecule has 0 radical (unpaired) electrons. The van der Waals surface area contributed by atoms with Crippen LogP contribution < -0.4 is 5.73 Å². The Labute approximate surface area is 69.7 Å². The highest BCUT2D eigenvalue weighted by Gasteiger charge is 2.44. The molecule has 1 fully saturated rings. The third-order valence-electron chi connectivity index (χ3n) is 2.08. The summed E-state index contributed by atoms with van der Waals surface area (Å²) < 4.78 is 26.2. The molecule has 0 aromatic heterocycles. The second-order valence-corrected chi connectivity index (χ2v) is 4.17. The zero-order chi connectivity index (χ0) is 8.48. The molecule has 0 aromatic carbocycles. The fourth-order valence-corrected chi connectivity index (χ4v) is 2.50. The van der Waals surface area contributed by atoms with Gasteiger partial charge in [-0.25, -0.2) is 8.78 Å². The highest BCUT2D eigenvalue weighted by Crippen LogP contribution is 2.37. The smallest absolute Gasteiger partial charge is 0.266 e. The van der Waals surface area contributed by atoms with E-state index >= 15 is 0 Å². The van der Waals surface area contributed by atoms with Gasteiger partial charge in [0.25, 0.3) is 5.92 Å². The van der Waals surface area contributed by atoms with Crippen molar-refractivity contribution in [3.05, 3.63) is 0 Å². The molecule has 0 aliphatic carbocycles. The van der Waals surface area contributed by atoms with Crippen molar-refractivity contribution in [2.75, 3.05) is 11.5 Å². The van der Waals surface area contributed by atoms with Crippen LogP contribution in [0.1, 0.15) is 13.3 Å². The predicted molar refractivity (Wildman–Crippen MR) is 44.0 cm³/mol. The highest BCUT2D eigenvalue weighted by molar-refractivity contribution is 7.99. The number of thioether (sulfide) groups is 1. The molecule has 1 aliphatic heterocycles. The third-order valence-corrected chi connectivity index (χ3v) is 3.24. The molecular formula is C7H13F2NS. The van der Waals surface area contributed by atoms with E-state index in [1.165, 1.54) is 6.92 Å². The second kappa shape index (κ2) is 3.27. The summed E-state index contributed by atoms with van der Waals surface area (Å²) in [6, 6.07) is -1.01. The average molecular weight is 181 g/mol. The maximum absolute atomic E-state index is 13.1. The number of rotatable bonds is 2. The van der Waals surface area contributed by atoms with Gasteiger partial charge in [-0.2, -0.15) is 11.8 Å². The highest BCUT2D eigenvalue weighted by atomic mass is 32.2. The summed E-state index contributed by atoms with van der Waals surface area (Å²) in [4.78, 5) is 0. The molecule has 1 aliphatic rings. The van der Waals surface area contributed by atoms with Crippen molar-refractivity contribution in [3.63, 3.8) is 0 Å². The molecule has 1 saturated heterocycles. The van der Waals surface area contributed by atoms with E-state index in [2.05, 4.69) is 0 Å². The van der Waals surface area contributed by atoms with Gasteiger partial charge in [0.2, 0.25) is 0 Å². The number of hydrogen-bond donors (Lipinski definition) is 1. The molecule has 0 amide bonds. The molecule has 66 valence electrons. The Morgan fingerprint density at radius 3 is 2.64 bits per heavy atom. The van der Waals surface area contributed by atoms with Crippen molar-refractivity contribution in [2.24, 2.45) is 11.7 Å². The zero-order valence-corrected chi connectivity index (χ0v) is 7.33. The van der Waals surface area contributed by atoms with Crippen molar-refractivity contribution in [2.45, 2.75) is 25.3 Å². The van der Waals surface area contributed by atoms with Gasteiger partial charge in [-0.05, 0) is 19.1 Å². The molecule has 4 heteroatoms. The molecule has 0 aromatic rings. The van der Waals surface area contributed by atoms with Crippen LogP contribution in [0.4, 0.5) is 8.78 Å².